The number of urea groups is 1. The van der Waals surface area contributed by atoms with Crippen LogP contribution in [0.4, 0.5) is 4.79 Å². The van der Waals surface area contributed by atoms with Crippen molar-refractivity contribution in [3.63, 3.8) is 0 Å². The summed E-state index contributed by atoms with van der Waals surface area (Å²) in [5.41, 5.74) is 0. The van der Waals surface area contributed by atoms with Crippen LogP contribution < -0.4 is 10.6 Å². The molecule has 0 heterocycles. The van der Waals surface area contributed by atoms with Gasteiger partial charge >= 0.3 is 12.0 Å². The summed E-state index contributed by atoms with van der Waals surface area (Å²) < 4.78 is 0. The standard InChI is InChI=1S/C13H20N2O3/c1-2-3-4-8-14-13(18)15-11-7-5-6-10(9-11)12(16)17/h10-11H,4-9H2,1H3,(H,16,17)(H2,14,15,18). The van der Waals surface area contributed by atoms with E-state index in [9.17, 15) is 9.59 Å². The lowest BCUT2D eigenvalue weighted by molar-refractivity contribution is -0.143. The monoisotopic (exact) mass is 252 g/mol. The first-order valence-corrected chi connectivity index (χ1v) is 6.30. The summed E-state index contributed by atoms with van der Waals surface area (Å²) in [4.78, 5) is 22.4. The predicted molar refractivity (Wildman–Crippen MR) is 68.0 cm³/mol. The summed E-state index contributed by atoms with van der Waals surface area (Å²) in [5, 5.41) is 14.5. The Morgan fingerprint density at radius 3 is 2.83 bits per heavy atom. The second-order valence-electron chi connectivity index (χ2n) is 4.48. The Morgan fingerprint density at radius 2 is 2.17 bits per heavy atom. The number of amides is 2. The Labute approximate surface area is 107 Å². The van der Waals surface area contributed by atoms with Crippen molar-refractivity contribution >= 4 is 12.0 Å². The van der Waals surface area contributed by atoms with Gasteiger partial charge in [-0.15, -0.1) is 11.8 Å². The summed E-state index contributed by atoms with van der Waals surface area (Å²) in [6.07, 6.45) is 3.57. The molecule has 5 nitrogen and oxygen atoms in total. The van der Waals surface area contributed by atoms with E-state index in [0.717, 1.165) is 12.8 Å². The van der Waals surface area contributed by atoms with Crippen LogP contribution in [0.5, 0.6) is 0 Å². The van der Waals surface area contributed by atoms with E-state index in [4.69, 9.17) is 5.11 Å². The van der Waals surface area contributed by atoms with Crippen LogP contribution in [0, 0.1) is 17.8 Å². The third kappa shape index (κ3) is 5.09. The molecule has 2 atom stereocenters. The normalized spacial score (nSPS) is 22.5. The van der Waals surface area contributed by atoms with Crippen molar-refractivity contribution in [1.29, 1.82) is 0 Å². The van der Waals surface area contributed by atoms with Crippen molar-refractivity contribution in [2.75, 3.05) is 6.54 Å². The molecule has 1 fully saturated rings. The van der Waals surface area contributed by atoms with Crippen LogP contribution >= 0.6 is 0 Å². The van der Waals surface area contributed by atoms with Crippen LogP contribution in [0.25, 0.3) is 0 Å². The van der Waals surface area contributed by atoms with Gasteiger partial charge in [0.2, 0.25) is 0 Å². The van der Waals surface area contributed by atoms with Crippen LogP contribution in [-0.2, 0) is 4.79 Å². The molecular weight excluding hydrogens is 232 g/mol. The molecule has 0 aromatic heterocycles. The summed E-state index contributed by atoms with van der Waals surface area (Å²) in [6.45, 7) is 2.27. The number of nitrogens with one attached hydrogen (secondary N) is 2. The van der Waals surface area contributed by atoms with Crippen molar-refractivity contribution in [3.05, 3.63) is 0 Å². The average Bonchev–Trinajstić information content (AvgIpc) is 2.35. The quantitative estimate of drug-likeness (QED) is 0.522. The number of hydrogen-bond acceptors (Lipinski definition) is 2. The molecule has 3 N–H and O–H groups in total. The number of carboxylic acid groups (broad SMARTS) is 1. The minimum atomic E-state index is -0.764. The van der Waals surface area contributed by atoms with Crippen LogP contribution in [0.15, 0.2) is 0 Å². The van der Waals surface area contributed by atoms with Crippen molar-refractivity contribution < 1.29 is 14.7 Å². The summed E-state index contributed by atoms with van der Waals surface area (Å²) in [6, 6.07) is -0.263. The number of carboxylic acids is 1. The van der Waals surface area contributed by atoms with E-state index in [-0.39, 0.29) is 18.0 Å². The number of rotatable bonds is 4. The number of aliphatic carboxylic acids is 1. The van der Waals surface area contributed by atoms with Gasteiger partial charge in [-0.05, 0) is 26.2 Å². The van der Waals surface area contributed by atoms with Crippen LogP contribution in [0.3, 0.4) is 0 Å². The largest absolute Gasteiger partial charge is 0.481 e. The Morgan fingerprint density at radius 1 is 1.39 bits per heavy atom. The SMILES string of the molecule is CC#CCCNC(=O)NC1CCCC(C(=O)O)C1. The van der Waals surface area contributed by atoms with Gasteiger partial charge in [0.15, 0.2) is 0 Å². The highest BCUT2D eigenvalue weighted by Crippen LogP contribution is 2.24. The van der Waals surface area contributed by atoms with Gasteiger partial charge in [0.05, 0.1) is 5.92 Å². The van der Waals surface area contributed by atoms with E-state index in [1.54, 1.807) is 6.92 Å². The first-order chi connectivity index (χ1) is 8.63. The fourth-order valence-corrected chi connectivity index (χ4v) is 2.15. The topological polar surface area (TPSA) is 78.4 Å². The molecule has 100 valence electrons. The first kappa shape index (κ1) is 14.4. The Hall–Kier alpha value is -1.70. The van der Waals surface area contributed by atoms with Crippen LogP contribution in [0.2, 0.25) is 0 Å². The van der Waals surface area contributed by atoms with Crippen molar-refractivity contribution in [2.45, 2.75) is 45.1 Å². The van der Waals surface area contributed by atoms with Crippen molar-refractivity contribution in [2.24, 2.45) is 5.92 Å². The van der Waals surface area contributed by atoms with E-state index in [1.165, 1.54) is 0 Å². The van der Waals surface area contributed by atoms with Gasteiger partial charge in [0.25, 0.3) is 0 Å². The smallest absolute Gasteiger partial charge is 0.315 e. The number of hydrogen-bond donors (Lipinski definition) is 3. The molecule has 1 aliphatic rings. The molecule has 18 heavy (non-hydrogen) atoms. The van der Waals surface area contributed by atoms with Gasteiger partial charge < -0.3 is 15.7 Å². The highest BCUT2D eigenvalue weighted by atomic mass is 16.4. The molecule has 0 aromatic rings. The maximum Gasteiger partial charge on any atom is 0.315 e. The molecule has 2 amide bonds. The molecule has 0 saturated heterocycles. The zero-order valence-corrected chi connectivity index (χ0v) is 10.7. The fourth-order valence-electron chi connectivity index (χ4n) is 2.15. The number of carbonyl (C=O) groups excluding carboxylic acids is 1. The molecule has 1 saturated carbocycles. The Kier molecular flexibility index (Phi) is 6.06. The summed E-state index contributed by atoms with van der Waals surface area (Å²) in [7, 11) is 0. The van der Waals surface area contributed by atoms with Gasteiger partial charge in [0, 0.05) is 19.0 Å². The molecule has 0 aromatic carbocycles. The van der Waals surface area contributed by atoms with Gasteiger partial charge in [-0.25, -0.2) is 4.79 Å². The predicted octanol–water partition coefficient (Wildman–Crippen LogP) is 1.34. The molecule has 0 bridgehead atoms. The van der Waals surface area contributed by atoms with Gasteiger partial charge in [-0.3, -0.25) is 4.79 Å². The lowest BCUT2D eigenvalue weighted by atomic mass is 9.86. The Balaban J connectivity index is 2.26. The first-order valence-electron chi connectivity index (χ1n) is 6.30. The van der Waals surface area contributed by atoms with E-state index in [1.807, 2.05) is 0 Å². The van der Waals surface area contributed by atoms with Gasteiger partial charge in [-0.2, -0.15) is 0 Å². The van der Waals surface area contributed by atoms with E-state index in [2.05, 4.69) is 22.5 Å². The van der Waals surface area contributed by atoms with Crippen molar-refractivity contribution in [3.8, 4) is 11.8 Å². The highest BCUT2D eigenvalue weighted by molar-refractivity contribution is 5.74. The zero-order chi connectivity index (χ0) is 13.4. The lowest BCUT2D eigenvalue weighted by Gasteiger charge is -2.27. The summed E-state index contributed by atoms with van der Waals surface area (Å²) >= 11 is 0. The van der Waals surface area contributed by atoms with Crippen LogP contribution in [0.1, 0.15) is 39.0 Å². The molecule has 1 rings (SSSR count). The van der Waals surface area contributed by atoms with E-state index >= 15 is 0 Å². The Bertz CT molecular complexity index is 357. The molecular formula is C13H20N2O3. The molecule has 1 aliphatic carbocycles. The minimum Gasteiger partial charge on any atom is -0.481 e. The molecule has 2 unspecified atom stereocenters. The fraction of sp³-hybridized carbons (Fsp3) is 0.692. The number of carbonyl (C=O) groups is 2. The van der Waals surface area contributed by atoms with E-state index < -0.39 is 5.97 Å². The maximum absolute atomic E-state index is 11.5. The second kappa shape index (κ2) is 7.59. The average molecular weight is 252 g/mol. The van der Waals surface area contributed by atoms with Crippen molar-refractivity contribution in [1.82, 2.24) is 10.6 Å². The van der Waals surface area contributed by atoms with Gasteiger partial charge in [0.1, 0.15) is 0 Å². The van der Waals surface area contributed by atoms with Gasteiger partial charge in [-0.1, -0.05) is 6.42 Å². The van der Waals surface area contributed by atoms with E-state index in [0.29, 0.717) is 25.8 Å². The third-order valence-corrected chi connectivity index (χ3v) is 3.07. The minimum absolute atomic E-state index is 0.0305. The highest BCUT2D eigenvalue weighted by Gasteiger charge is 2.27. The maximum atomic E-state index is 11.5. The molecule has 5 heteroatoms. The second-order valence-corrected chi connectivity index (χ2v) is 4.48. The molecule has 0 aliphatic heterocycles. The lowest BCUT2D eigenvalue weighted by Crippen LogP contribution is -2.45. The summed E-state index contributed by atoms with van der Waals surface area (Å²) in [5.74, 6) is 4.53. The third-order valence-electron chi connectivity index (χ3n) is 3.07. The molecule has 0 radical (unpaired) electrons. The van der Waals surface area contributed by atoms with Crippen LogP contribution in [-0.4, -0.2) is 29.7 Å². The zero-order valence-electron chi connectivity index (χ0n) is 10.7. The molecule has 0 spiro atoms.